The average molecular weight is 236 g/mol. The summed E-state index contributed by atoms with van der Waals surface area (Å²) in [5, 5.41) is 6.40. The van der Waals surface area contributed by atoms with Crippen LogP contribution in [-0.2, 0) is 19.7 Å². The molecule has 1 aliphatic heterocycles. The third-order valence-electron chi connectivity index (χ3n) is 1.44. The Kier molecular flexibility index (Phi) is 6.05. The number of hydrogen-bond acceptors (Lipinski definition) is 6. The zero-order valence-corrected chi connectivity index (χ0v) is 10.2. The SMILES string of the molecule is N.O=C1CC(S(=O)(=O)O)C(=O)N1O.[H-].[Na+]. The number of hydrogen-bond donors (Lipinski definition) is 3. The van der Waals surface area contributed by atoms with Crippen LogP contribution >= 0.6 is 0 Å². The molecule has 2 amide bonds. The number of rotatable bonds is 1. The molecule has 1 heterocycles. The molecule has 1 aliphatic rings. The van der Waals surface area contributed by atoms with E-state index in [4.69, 9.17) is 9.76 Å². The maximum absolute atomic E-state index is 10.7. The van der Waals surface area contributed by atoms with Gasteiger partial charge in [0.25, 0.3) is 21.9 Å². The van der Waals surface area contributed by atoms with Crippen molar-refractivity contribution in [1.82, 2.24) is 11.2 Å². The van der Waals surface area contributed by atoms with Crippen LogP contribution in [0.2, 0.25) is 0 Å². The van der Waals surface area contributed by atoms with E-state index in [1.165, 1.54) is 0 Å². The summed E-state index contributed by atoms with van der Waals surface area (Å²) in [5.41, 5.74) is 0. The van der Waals surface area contributed by atoms with Crippen LogP contribution in [0.1, 0.15) is 7.85 Å². The first-order chi connectivity index (χ1) is 5.34. The Morgan fingerprint density at radius 3 is 2.00 bits per heavy atom. The van der Waals surface area contributed by atoms with Crippen molar-refractivity contribution in [3.8, 4) is 0 Å². The Balaban J connectivity index is -0.000000480. The van der Waals surface area contributed by atoms with Gasteiger partial charge in [0.2, 0.25) is 0 Å². The fourth-order valence-corrected chi connectivity index (χ4v) is 1.53. The second-order valence-electron chi connectivity index (χ2n) is 2.25. The Morgan fingerprint density at radius 1 is 1.43 bits per heavy atom. The molecule has 0 bridgehead atoms. The van der Waals surface area contributed by atoms with E-state index in [1.54, 1.807) is 0 Å². The largest absolute Gasteiger partial charge is 1.00 e. The van der Waals surface area contributed by atoms with E-state index in [-0.39, 0.29) is 42.2 Å². The average Bonchev–Trinajstić information content (AvgIpc) is 2.15. The molecule has 10 heteroatoms. The topological polar surface area (TPSA) is 147 Å². The molecule has 8 nitrogen and oxygen atoms in total. The number of hydroxylamine groups is 2. The fraction of sp³-hybridized carbons (Fsp3) is 0.500. The Morgan fingerprint density at radius 2 is 1.86 bits per heavy atom. The standard InChI is InChI=1S/C4H5NO6S.H3N.Na.H/c6-3-1-2(12(9,10)11)4(7)5(3)8;;;/h2,8H,1H2,(H,9,10,11);1H3;;/q;;+1;-1. The molecule has 0 radical (unpaired) electrons. The minimum absolute atomic E-state index is 0. The summed E-state index contributed by atoms with van der Waals surface area (Å²) in [6, 6.07) is 0. The quantitative estimate of drug-likeness (QED) is 0.180. The van der Waals surface area contributed by atoms with Gasteiger partial charge in [-0.3, -0.25) is 19.3 Å². The smallest absolute Gasteiger partial charge is 1.00 e. The maximum atomic E-state index is 10.7. The summed E-state index contributed by atoms with van der Waals surface area (Å²) in [5.74, 6) is -2.36. The molecular formula is C4H9N2NaO6S. The van der Waals surface area contributed by atoms with Crippen molar-refractivity contribution in [3.05, 3.63) is 0 Å². The third kappa shape index (κ3) is 2.98. The molecule has 0 aromatic heterocycles. The Bertz CT molecular complexity index is 345. The minimum Gasteiger partial charge on any atom is -1.00 e. The van der Waals surface area contributed by atoms with E-state index in [0.29, 0.717) is 0 Å². The number of carbonyl (C=O) groups excluding carboxylic acids is 2. The first-order valence-corrected chi connectivity index (χ1v) is 4.36. The Hall–Kier alpha value is -0.0300. The summed E-state index contributed by atoms with van der Waals surface area (Å²) in [6.45, 7) is 0. The van der Waals surface area contributed by atoms with Gasteiger partial charge < -0.3 is 7.58 Å². The van der Waals surface area contributed by atoms with E-state index in [0.717, 1.165) is 0 Å². The van der Waals surface area contributed by atoms with Crippen molar-refractivity contribution < 1.29 is 58.8 Å². The van der Waals surface area contributed by atoms with Gasteiger partial charge in [-0.25, -0.2) is 0 Å². The summed E-state index contributed by atoms with van der Waals surface area (Å²) < 4.78 is 29.1. The van der Waals surface area contributed by atoms with E-state index >= 15 is 0 Å². The van der Waals surface area contributed by atoms with E-state index < -0.39 is 33.6 Å². The molecule has 0 aromatic carbocycles. The number of nitrogens with zero attached hydrogens (tertiary/aromatic N) is 1. The Labute approximate surface area is 103 Å². The van der Waals surface area contributed by atoms with Gasteiger partial charge in [-0.2, -0.15) is 13.5 Å². The van der Waals surface area contributed by atoms with Gasteiger partial charge in [0.1, 0.15) is 0 Å². The molecule has 1 unspecified atom stereocenters. The third-order valence-corrected chi connectivity index (χ3v) is 2.53. The first-order valence-electron chi connectivity index (χ1n) is 2.86. The molecule has 0 spiro atoms. The molecule has 1 saturated heterocycles. The van der Waals surface area contributed by atoms with Crippen molar-refractivity contribution >= 4 is 21.9 Å². The zero-order valence-electron chi connectivity index (χ0n) is 8.37. The van der Waals surface area contributed by atoms with E-state index in [9.17, 15) is 18.0 Å². The molecular weight excluding hydrogens is 227 g/mol. The molecule has 14 heavy (non-hydrogen) atoms. The molecule has 1 rings (SSSR count). The van der Waals surface area contributed by atoms with Crippen molar-refractivity contribution in [2.24, 2.45) is 0 Å². The van der Waals surface area contributed by atoms with Crippen LogP contribution in [0.15, 0.2) is 0 Å². The number of carbonyl (C=O) groups is 2. The van der Waals surface area contributed by atoms with Crippen molar-refractivity contribution in [1.29, 1.82) is 0 Å². The van der Waals surface area contributed by atoms with Crippen molar-refractivity contribution in [3.63, 3.8) is 0 Å². The molecule has 0 saturated carbocycles. The minimum atomic E-state index is -4.59. The summed E-state index contributed by atoms with van der Waals surface area (Å²) in [6.07, 6.45) is -0.714. The molecule has 1 fully saturated rings. The fourth-order valence-electron chi connectivity index (χ4n) is 0.824. The van der Waals surface area contributed by atoms with Crippen LogP contribution in [0.5, 0.6) is 0 Å². The van der Waals surface area contributed by atoms with Gasteiger partial charge in [0, 0.05) is 0 Å². The van der Waals surface area contributed by atoms with Crippen molar-refractivity contribution in [2.75, 3.05) is 0 Å². The zero-order chi connectivity index (χ0) is 9.52. The monoisotopic (exact) mass is 236 g/mol. The van der Waals surface area contributed by atoms with Gasteiger partial charge in [0.15, 0.2) is 5.25 Å². The van der Waals surface area contributed by atoms with Gasteiger partial charge in [-0.1, -0.05) is 0 Å². The number of imide groups is 1. The summed E-state index contributed by atoms with van der Waals surface area (Å²) in [4.78, 5) is 21.2. The normalized spacial score (nSPS) is 21.6. The molecule has 0 aromatic rings. The van der Waals surface area contributed by atoms with E-state index in [2.05, 4.69) is 0 Å². The molecule has 1 atom stereocenters. The van der Waals surface area contributed by atoms with Crippen LogP contribution < -0.4 is 35.7 Å². The van der Waals surface area contributed by atoms with Crippen molar-refractivity contribution in [2.45, 2.75) is 11.7 Å². The van der Waals surface area contributed by atoms with Crippen LogP contribution in [0.25, 0.3) is 0 Å². The van der Waals surface area contributed by atoms with Gasteiger partial charge in [-0.05, 0) is 0 Å². The summed E-state index contributed by atoms with van der Waals surface area (Å²) >= 11 is 0. The van der Waals surface area contributed by atoms with Gasteiger partial charge in [-0.15, -0.1) is 0 Å². The van der Waals surface area contributed by atoms with Crippen LogP contribution in [0, 0.1) is 0 Å². The molecule has 78 valence electrons. The predicted molar refractivity (Wildman–Crippen MR) is 39.7 cm³/mol. The van der Waals surface area contributed by atoms with Crippen LogP contribution in [-0.4, -0.2) is 40.3 Å². The molecule has 0 aliphatic carbocycles. The maximum Gasteiger partial charge on any atom is 1.00 e. The van der Waals surface area contributed by atoms with Gasteiger partial charge >= 0.3 is 29.6 Å². The van der Waals surface area contributed by atoms with Crippen LogP contribution in [0.3, 0.4) is 0 Å². The van der Waals surface area contributed by atoms with Crippen LogP contribution in [0.4, 0.5) is 0 Å². The predicted octanol–water partition coefficient (Wildman–Crippen LogP) is -4.33. The molecule has 5 N–H and O–H groups in total. The second kappa shape index (κ2) is 5.16. The second-order valence-corrected chi connectivity index (χ2v) is 3.85. The number of amides is 2. The van der Waals surface area contributed by atoms with E-state index in [1.807, 2.05) is 0 Å². The van der Waals surface area contributed by atoms with Gasteiger partial charge in [0.05, 0.1) is 6.42 Å². The summed E-state index contributed by atoms with van der Waals surface area (Å²) in [7, 11) is -4.59. The first kappa shape index (κ1) is 16.4.